The number of pyridine rings is 1. The van der Waals surface area contributed by atoms with Gasteiger partial charge in [-0.3, -0.25) is 4.98 Å². The van der Waals surface area contributed by atoms with Crippen molar-refractivity contribution in [3.05, 3.63) is 40.6 Å². The third-order valence-corrected chi connectivity index (χ3v) is 8.93. The maximum Gasteiger partial charge on any atom is 0.490 e. The van der Waals surface area contributed by atoms with E-state index in [1.807, 2.05) is 24.1 Å². The van der Waals surface area contributed by atoms with Crippen molar-refractivity contribution in [3.8, 4) is 0 Å². The van der Waals surface area contributed by atoms with E-state index in [9.17, 15) is 21.6 Å². The number of ether oxygens (including phenoxy) is 1. The molecular weight excluding hydrogens is 491 g/mol. The lowest BCUT2D eigenvalue weighted by Gasteiger charge is -2.46. The molecule has 2 saturated heterocycles. The molecule has 32 heavy (non-hydrogen) atoms. The summed E-state index contributed by atoms with van der Waals surface area (Å²) in [6.45, 7) is 3.61. The van der Waals surface area contributed by atoms with Gasteiger partial charge >= 0.3 is 12.1 Å². The quantitative estimate of drug-likeness (QED) is 0.653. The summed E-state index contributed by atoms with van der Waals surface area (Å²) in [6.07, 6.45) is -1.05. The van der Waals surface area contributed by atoms with Gasteiger partial charge in [0.25, 0.3) is 0 Å². The number of nitrogens with zero attached hydrogens (tertiary/aromatic N) is 3. The van der Waals surface area contributed by atoms with Gasteiger partial charge in [-0.15, -0.1) is 23.1 Å². The molecule has 2 aliphatic heterocycles. The number of thiazole rings is 1. The summed E-state index contributed by atoms with van der Waals surface area (Å²) in [5.41, 5.74) is 0.975. The second kappa shape index (κ2) is 9.63. The molecule has 4 heterocycles. The summed E-state index contributed by atoms with van der Waals surface area (Å²) < 4.78 is 64.4. The number of aliphatic carboxylic acids is 1. The zero-order valence-corrected chi connectivity index (χ0v) is 19.2. The molecule has 0 aliphatic carbocycles. The Bertz CT molecular complexity index is 1040. The number of carbonyl (C=O) groups is 1. The van der Waals surface area contributed by atoms with Gasteiger partial charge in [0.1, 0.15) is 4.90 Å². The first-order valence-electron chi connectivity index (χ1n) is 9.28. The maximum absolute atomic E-state index is 12.6. The van der Waals surface area contributed by atoms with Crippen LogP contribution >= 0.6 is 23.1 Å². The number of sulfonamides is 1. The van der Waals surface area contributed by atoms with Gasteiger partial charge in [-0.05, 0) is 25.5 Å². The minimum Gasteiger partial charge on any atom is -0.475 e. The number of aromatic nitrogens is 2. The summed E-state index contributed by atoms with van der Waals surface area (Å²) in [7, 11) is -3.43. The predicted octanol–water partition coefficient (Wildman–Crippen LogP) is 2.95. The van der Waals surface area contributed by atoms with E-state index in [1.54, 1.807) is 34.0 Å². The highest BCUT2D eigenvalue weighted by atomic mass is 32.2. The number of hydrogen-bond acceptors (Lipinski definition) is 8. The molecule has 176 valence electrons. The molecule has 0 bridgehead atoms. The number of carboxylic acid groups (broad SMARTS) is 1. The highest BCUT2D eigenvalue weighted by molar-refractivity contribution is 8.01. The Balaban J connectivity index is 0.000000360. The molecule has 1 spiro atoms. The van der Waals surface area contributed by atoms with Crippen LogP contribution in [-0.2, 0) is 26.2 Å². The minimum absolute atomic E-state index is 0.00205. The Labute approximate surface area is 190 Å². The Morgan fingerprint density at radius 1 is 1.41 bits per heavy atom. The highest BCUT2D eigenvalue weighted by Crippen LogP contribution is 2.47. The molecule has 4 rings (SSSR count). The van der Waals surface area contributed by atoms with Crippen LogP contribution in [0.4, 0.5) is 13.2 Å². The van der Waals surface area contributed by atoms with Crippen LogP contribution in [0.15, 0.2) is 34.8 Å². The number of hydrogen-bond donors (Lipinski definition) is 1. The van der Waals surface area contributed by atoms with Gasteiger partial charge in [-0.1, -0.05) is 0 Å². The fourth-order valence-corrected chi connectivity index (χ4v) is 7.11. The molecule has 2 fully saturated rings. The zero-order chi connectivity index (χ0) is 23.6. The number of alkyl halides is 3. The lowest BCUT2D eigenvalue weighted by Crippen LogP contribution is -2.60. The van der Waals surface area contributed by atoms with Gasteiger partial charge in [0.05, 0.1) is 23.4 Å². The average Bonchev–Trinajstić information content (AvgIpc) is 3.32. The summed E-state index contributed by atoms with van der Waals surface area (Å²) >= 11 is 3.46. The van der Waals surface area contributed by atoms with E-state index in [-0.39, 0.29) is 15.7 Å². The standard InChI is InChI=1S/C16H19N3O3S3.C2HF3O2/c1-12-18-13(8-23-12)7-22-14-5-16(24-9-14)10-19(11-16)25(20,21)15-3-2-4-17-6-15;3-2(4,5)1(6)7/h2-4,6,8,14H,5,7,9-11H2,1H3;(H,6,7). The van der Waals surface area contributed by atoms with Crippen molar-refractivity contribution < 1.29 is 36.2 Å². The van der Waals surface area contributed by atoms with Crippen LogP contribution in [0, 0.1) is 6.92 Å². The number of thioether (sulfide) groups is 1. The van der Waals surface area contributed by atoms with Crippen molar-refractivity contribution in [3.63, 3.8) is 0 Å². The Morgan fingerprint density at radius 2 is 2.09 bits per heavy atom. The Kier molecular flexibility index (Phi) is 7.49. The van der Waals surface area contributed by atoms with Crippen LogP contribution in [0.2, 0.25) is 0 Å². The van der Waals surface area contributed by atoms with Crippen molar-refractivity contribution in [2.24, 2.45) is 0 Å². The minimum atomic E-state index is -5.08. The van der Waals surface area contributed by atoms with Crippen molar-refractivity contribution in [2.75, 3.05) is 18.8 Å². The van der Waals surface area contributed by atoms with Crippen LogP contribution in [-0.4, -0.2) is 69.6 Å². The second-order valence-electron chi connectivity index (χ2n) is 7.25. The molecule has 0 radical (unpaired) electrons. The van der Waals surface area contributed by atoms with E-state index < -0.39 is 22.2 Å². The first kappa shape index (κ1) is 24.9. The third-order valence-electron chi connectivity index (χ3n) is 4.75. The maximum atomic E-state index is 12.6. The zero-order valence-electron chi connectivity index (χ0n) is 16.8. The predicted molar refractivity (Wildman–Crippen MR) is 112 cm³/mol. The molecule has 2 aliphatic rings. The molecule has 2 aromatic heterocycles. The molecule has 1 atom stereocenters. The summed E-state index contributed by atoms with van der Waals surface area (Å²) in [5.74, 6) is -1.85. The van der Waals surface area contributed by atoms with E-state index in [2.05, 4.69) is 9.97 Å². The monoisotopic (exact) mass is 511 g/mol. The summed E-state index contributed by atoms with van der Waals surface area (Å²) in [6, 6.07) is 3.24. The van der Waals surface area contributed by atoms with Gasteiger partial charge in [-0.2, -0.15) is 17.5 Å². The second-order valence-corrected chi connectivity index (χ2v) is 11.7. The van der Waals surface area contributed by atoms with Crippen LogP contribution in [0.5, 0.6) is 0 Å². The van der Waals surface area contributed by atoms with E-state index in [0.717, 1.165) is 22.9 Å². The molecule has 0 amide bonds. The molecule has 14 heteroatoms. The largest absolute Gasteiger partial charge is 0.490 e. The lowest BCUT2D eigenvalue weighted by molar-refractivity contribution is -0.192. The van der Waals surface area contributed by atoms with Crippen molar-refractivity contribution in [1.82, 2.24) is 14.3 Å². The van der Waals surface area contributed by atoms with Crippen molar-refractivity contribution in [1.29, 1.82) is 0 Å². The summed E-state index contributed by atoms with van der Waals surface area (Å²) in [4.78, 5) is 17.5. The normalized spacial score (nSPS) is 20.4. The number of carboxylic acids is 1. The van der Waals surface area contributed by atoms with Crippen LogP contribution in [0.1, 0.15) is 17.1 Å². The third kappa shape index (κ3) is 5.98. The van der Waals surface area contributed by atoms with E-state index in [1.165, 1.54) is 6.20 Å². The number of halogens is 3. The highest BCUT2D eigenvalue weighted by Gasteiger charge is 2.53. The molecule has 8 nitrogen and oxygen atoms in total. The number of rotatable bonds is 5. The molecule has 2 aromatic rings. The molecule has 0 saturated carbocycles. The molecule has 0 aromatic carbocycles. The Hall–Kier alpha value is -1.74. The molecular formula is C18H20F3N3O5S3. The average molecular weight is 512 g/mol. The van der Waals surface area contributed by atoms with Crippen LogP contribution in [0.3, 0.4) is 0 Å². The summed E-state index contributed by atoms with van der Waals surface area (Å²) in [5, 5.41) is 10.2. The topological polar surface area (TPSA) is 110 Å². The fourth-order valence-electron chi connectivity index (χ4n) is 3.22. The van der Waals surface area contributed by atoms with Gasteiger partial charge in [-0.25, -0.2) is 18.2 Å². The Morgan fingerprint density at radius 3 is 2.62 bits per heavy atom. The van der Waals surface area contributed by atoms with Crippen LogP contribution in [0.25, 0.3) is 0 Å². The smallest absolute Gasteiger partial charge is 0.475 e. The van der Waals surface area contributed by atoms with Gasteiger partial charge in [0, 0.05) is 41.4 Å². The fraction of sp³-hybridized carbons (Fsp3) is 0.500. The first-order valence-corrected chi connectivity index (χ1v) is 12.6. The molecule has 1 N–H and O–H groups in total. The van der Waals surface area contributed by atoms with E-state index in [0.29, 0.717) is 19.7 Å². The first-order chi connectivity index (χ1) is 14.9. The van der Waals surface area contributed by atoms with Crippen molar-refractivity contribution in [2.45, 2.75) is 41.9 Å². The van der Waals surface area contributed by atoms with Gasteiger partial charge < -0.3 is 9.84 Å². The molecule has 1 unspecified atom stereocenters. The number of aryl methyl sites for hydroxylation is 1. The van der Waals surface area contributed by atoms with E-state index >= 15 is 0 Å². The SMILES string of the molecule is Cc1nc(COC2CSC3(C2)CN(S(=O)(=O)c2cccnc2)C3)cs1.O=C(O)C(F)(F)F. The van der Waals surface area contributed by atoms with Gasteiger partial charge in [0.15, 0.2) is 0 Å². The van der Waals surface area contributed by atoms with Crippen LogP contribution < -0.4 is 0 Å². The van der Waals surface area contributed by atoms with Crippen molar-refractivity contribution >= 4 is 39.1 Å². The van der Waals surface area contributed by atoms with E-state index in [4.69, 9.17) is 14.6 Å². The lowest BCUT2D eigenvalue weighted by atomic mass is 9.95. The van der Waals surface area contributed by atoms with Gasteiger partial charge in [0.2, 0.25) is 10.0 Å².